The Balaban J connectivity index is 0.00000200. The van der Waals surface area contributed by atoms with Gasteiger partial charge in [0, 0.05) is 32.2 Å². The normalized spacial score (nSPS) is 16.7. The van der Waals surface area contributed by atoms with E-state index in [0.717, 1.165) is 38.2 Å². The molecule has 0 bridgehead atoms. The molecule has 0 amide bonds. The van der Waals surface area contributed by atoms with Crippen molar-refractivity contribution in [3.05, 3.63) is 34.1 Å². The highest BCUT2D eigenvalue weighted by molar-refractivity contribution is 9.10. The first-order valence-electron chi connectivity index (χ1n) is 7.12. The van der Waals surface area contributed by atoms with E-state index < -0.39 is 0 Å². The lowest BCUT2D eigenvalue weighted by Gasteiger charge is -2.35. The molecule has 122 valence electrons. The number of hydrogen-bond donors (Lipinski definition) is 1. The number of hydrogen-bond acceptors (Lipinski definition) is 2. The molecule has 6 heteroatoms. The Labute approximate surface area is 147 Å². The minimum Gasteiger partial charge on any atom is -0.314 e. The van der Waals surface area contributed by atoms with Gasteiger partial charge in [0.2, 0.25) is 0 Å². The van der Waals surface area contributed by atoms with E-state index in [1.165, 1.54) is 12.8 Å². The highest BCUT2D eigenvalue weighted by Gasteiger charge is 2.22. The van der Waals surface area contributed by atoms with Crippen LogP contribution < -0.4 is 5.32 Å². The molecule has 1 aliphatic rings. The lowest BCUT2D eigenvalue weighted by Crippen LogP contribution is -2.45. The van der Waals surface area contributed by atoms with E-state index >= 15 is 0 Å². The molecule has 1 saturated heterocycles. The molecule has 0 saturated carbocycles. The number of rotatable bonds is 5. The maximum Gasteiger partial charge on any atom is 0.137 e. The van der Waals surface area contributed by atoms with Crippen LogP contribution in [0.5, 0.6) is 0 Å². The summed E-state index contributed by atoms with van der Waals surface area (Å²) in [5.41, 5.74) is 1.11. The van der Waals surface area contributed by atoms with Crippen molar-refractivity contribution in [3.63, 3.8) is 0 Å². The van der Waals surface area contributed by atoms with Gasteiger partial charge in [0.15, 0.2) is 0 Å². The van der Waals surface area contributed by atoms with Gasteiger partial charge in [0.1, 0.15) is 5.82 Å². The van der Waals surface area contributed by atoms with Gasteiger partial charge >= 0.3 is 0 Å². The van der Waals surface area contributed by atoms with E-state index in [2.05, 4.69) is 39.1 Å². The van der Waals surface area contributed by atoms with Gasteiger partial charge in [-0.15, -0.1) is 24.8 Å². The third kappa shape index (κ3) is 6.03. The molecule has 0 aliphatic carbocycles. The van der Waals surface area contributed by atoms with Crippen LogP contribution in [0.25, 0.3) is 0 Å². The van der Waals surface area contributed by atoms with E-state index in [1.807, 2.05) is 6.07 Å². The van der Waals surface area contributed by atoms with Crippen LogP contribution in [-0.2, 0) is 0 Å². The lowest BCUT2D eigenvalue weighted by atomic mass is 9.98. The molecule has 1 aromatic rings. The molecule has 0 unspecified atom stereocenters. The minimum atomic E-state index is -0.158. The average molecular weight is 402 g/mol. The van der Waals surface area contributed by atoms with E-state index in [1.54, 1.807) is 6.07 Å². The summed E-state index contributed by atoms with van der Waals surface area (Å²) >= 11 is 3.23. The smallest absolute Gasteiger partial charge is 0.137 e. The Morgan fingerprint density at radius 2 is 1.95 bits per heavy atom. The van der Waals surface area contributed by atoms with Gasteiger partial charge in [-0.2, -0.15) is 0 Å². The van der Waals surface area contributed by atoms with Crippen LogP contribution in [0.4, 0.5) is 4.39 Å². The van der Waals surface area contributed by atoms with Gasteiger partial charge in [-0.25, -0.2) is 4.39 Å². The number of benzene rings is 1. The maximum atomic E-state index is 13.8. The number of nitrogens with zero attached hydrogens (tertiary/aromatic N) is 1. The van der Waals surface area contributed by atoms with Crippen molar-refractivity contribution in [2.75, 3.05) is 26.2 Å². The Morgan fingerprint density at radius 3 is 2.52 bits per heavy atom. The SMILES string of the molecule is CCCC[C@@H](c1ccc(Br)c(F)c1)N1CCNCC1.Cl.Cl. The average Bonchev–Trinajstić information content (AvgIpc) is 2.44. The molecule has 0 aromatic heterocycles. The third-order valence-electron chi connectivity index (χ3n) is 3.75. The van der Waals surface area contributed by atoms with Gasteiger partial charge in [-0.05, 0) is 40.0 Å². The summed E-state index contributed by atoms with van der Waals surface area (Å²) in [5.74, 6) is -0.158. The largest absolute Gasteiger partial charge is 0.314 e. The fourth-order valence-electron chi connectivity index (χ4n) is 2.67. The zero-order valence-electron chi connectivity index (χ0n) is 12.3. The predicted octanol–water partition coefficient (Wildman–Crippen LogP) is 4.57. The van der Waals surface area contributed by atoms with Crippen molar-refractivity contribution >= 4 is 40.7 Å². The van der Waals surface area contributed by atoms with Gasteiger partial charge in [0.05, 0.1) is 4.47 Å². The summed E-state index contributed by atoms with van der Waals surface area (Å²) < 4.78 is 14.3. The molecule has 1 heterocycles. The standard InChI is InChI=1S/C15H22BrFN2.2ClH/c1-2-3-4-15(19-9-7-18-8-10-19)12-5-6-13(16)14(17)11-12;;/h5-6,11,15,18H,2-4,7-10H2,1H3;2*1H/t15-;;/m0../s1. The first-order valence-corrected chi connectivity index (χ1v) is 7.91. The molecular weight excluding hydrogens is 378 g/mol. The fraction of sp³-hybridized carbons (Fsp3) is 0.600. The number of nitrogens with one attached hydrogen (secondary N) is 1. The van der Waals surface area contributed by atoms with E-state index in [9.17, 15) is 4.39 Å². The van der Waals surface area contributed by atoms with Crippen LogP contribution in [0.1, 0.15) is 37.8 Å². The highest BCUT2D eigenvalue weighted by Crippen LogP contribution is 2.29. The van der Waals surface area contributed by atoms with Crippen molar-refractivity contribution < 1.29 is 4.39 Å². The van der Waals surface area contributed by atoms with Crippen LogP contribution in [-0.4, -0.2) is 31.1 Å². The molecule has 0 radical (unpaired) electrons. The van der Waals surface area contributed by atoms with E-state index in [4.69, 9.17) is 0 Å². The third-order valence-corrected chi connectivity index (χ3v) is 4.40. The maximum absolute atomic E-state index is 13.8. The molecule has 1 N–H and O–H groups in total. The van der Waals surface area contributed by atoms with Crippen LogP contribution in [0, 0.1) is 5.82 Å². The van der Waals surface area contributed by atoms with E-state index in [0.29, 0.717) is 10.5 Å². The molecule has 0 spiro atoms. The van der Waals surface area contributed by atoms with Crippen LogP contribution >= 0.6 is 40.7 Å². The summed E-state index contributed by atoms with van der Waals surface area (Å²) in [4.78, 5) is 2.48. The van der Waals surface area contributed by atoms with E-state index in [-0.39, 0.29) is 30.6 Å². The summed E-state index contributed by atoms with van der Waals surface area (Å²) in [7, 11) is 0. The second-order valence-corrected chi connectivity index (χ2v) is 5.97. The van der Waals surface area contributed by atoms with Crippen LogP contribution in [0.3, 0.4) is 0 Å². The molecule has 2 rings (SSSR count). The summed E-state index contributed by atoms with van der Waals surface area (Å²) in [6.07, 6.45) is 3.48. The quantitative estimate of drug-likeness (QED) is 0.777. The topological polar surface area (TPSA) is 15.3 Å². The summed E-state index contributed by atoms with van der Waals surface area (Å²) in [5, 5.41) is 3.37. The number of piperazine rings is 1. The monoisotopic (exact) mass is 400 g/mol. The molecule has 1 fully saturated rings. The van der Waals surface area contributed by atoms with Crippen molar-refractivity contribution in [1.82, 2.24) is 10.2 Å². The van der Waals surface area contributed by atoms with Gasteiger partial charge in [0.25, 0.3) is 0 Å². The number of unbranched alkanes of at least 4 members (excludes halogenated alkanes) is 1. The van der Waals surface area contributed by atoms with Crippen LogP contribution in [0.15, 0.2) is 22.7 Å². The lowest BCUT2D eigenvalue weighted by molar-refractivity contribution is 0.163. The minimum absolute atomic E-state index is 0. The van der Waals surface area contributed by atoms with Crippen molar-refractivity contribution in [2.45, 2.75) is 32.2 Å². The second-order valence-electron chi connectivity index (χ2n) is 5.12. The van der Waals surface area contributed by atoms with Gasteiger partial charge < -0.3 is 5.32 Å². The predicted molar refractivity (Wildman–Crippen MR) is 95.3 cm³/mol. The van der Waals surface area contributed by atoms with Crippen molar-refractivity contribution in [2.24, 2.45) is 0 Å². The Hall–Kier alpha value is 0.130. The van der Waals surface area contributed by atoms with Crippen molar-refractivity contribution in [1.29, 1.82) is 0 Å². The molecule has 2 nitrogen and oxygen atoms in total. The van der Waals surface area contributed by atoms with Gasteiger partial charge in [-0.1, -0.05) is 25.8 Å². The summed E-state index contributed by atoms with van der Waals surface area (Å²) in [6.45, 7) is 6.36. The Morgan fingerprint density at radius 1 is 1.29 bits per heavy atom. The highest BCUT2D eigenvalue weighted by atomic mass is 79.9. The first-order chi connectivity index (χ1) is 9.22. The zero-order chi connectivity index (χ0) is 13.7. The molecule has 21 heavy (non-hydrogen) atoms. The molecule has 1 aromatic carbocycles. The molecular formula is C15H24BrCl2FN2. The number of halogens is 4. The van der Waals surface area contributed by atoms with Gasteiger partial charge in [-0.3, -0.25) is 4.90 Å². The molecule has 1 aliphatic heterocycles. The Bertz CT molecular complexity index is 415. The fourth-order valence-corrected chi connectivity index (χ4v) is 2.92. The first kappa shape index (κ1) is 21.1. The second kappa shape index (κ2) is 10.8. The van der Waals surface area contributed by atoms with Crippen LogP contribution in [0.2, 0.25) is 0 Å². The molecule has 1 atom stereocenters. The summed E-state index contributed by atoms with van der Waals surface area (Å²) in [6, 6.07) is 5.91. The Kier molecular flexibility index (Phi) is 10.9. The zero-order valence-corrected chi connectivity index (χ0v) is 15.5. The van der Waals surface area contributed by atoms with Crippen molar-refractivity contribution in [3.8, 4) is 0 Å².